The van der Waals surface area contributed by atoms with Crippen molar-refractivity contribution in [3.05, 3.63) is 47.2 Å². The lowest BCUT2D eigenvalue weighted by atomic mass is 10.1. The van der Waals surface area contributed by atoms with Crippen LogP contribution in [0, 0.1) is 0 Å². The fraction of sp³-hybridized carbons (Fsp3) is 0. The Balaban J connectivity index is 0.000000810. The van der Waals surface area contributed by atoms with E-state index in [2.05, 4.69) is 31.1 Å². The standard InChI is InChI=1S/C12H8BrN3.2ClH/c13-10-4-2-1-3-8(10)12-9-7-14-6-5-11(9)15-16-12;;/h1-7H,(H,15,16);2*1H. The first-order chi connectivity index (χ1) is 7.86. The van der Waals surface area contributed by atoms with Gasteiger partial charge in [-0.2, -0.15) is 5.10 Å². The van der Waals surface area contributed by atoms with Gasteiger partial charge in [0.2, 0.25) is 0 Å². The SMILES string of the molecule is Brc1ccccc1-c1n[nH]c2ccncc12.Cl.Cl. The van der Waals surface area contributed by atoms with Crippen LogP contribution in [0.15, 0.2) is 47.2 Å². The number of H-pyrrole nitrogens is 1. The molecule has 2 heterocycles. The fourth-order valence-electron chi connectivity index (χ4n) is 1.72. The summed E-state index contributed by atoms with van der Waals surface area (Å²) in [5.74, 6) is 0. The molecule has 6 heteroatoms. The number of rotatable bonds is 1. The van der Waals surface area contributed by atoms with Gasteiger partial charge in [0.1, 0.15) is 5.69 Å². The summed E-state index contributed by atoms with van der Waals surface area (Å²) in [5, 5.41) is 8.37. The summed E-state index contributed by atoms with van der Waals surface area (Å²) in [6.07, 6.45) is 3.58. The molecule has 2 aromatic heterocycles. The van der Waals surface area contributed by atoms with Crippen LogP contribution < -0.4 is 0 Å². The van der Waals surface area contributed by atoms with Gasteiger partial charge >= 0.3 is 0 Å². The molecule has 0 saturated heterocycles. The molecule has 1 N–H and O–H groups in total. The Labute approximate surface area is 125 Å². The van der Waals surface area contributed by atoms with Crippen molar-refractivity contribution in [3.63, 3.8) is 0 Å². The van der Waals surface area contributed by atoms with Gasteiger partial charge in [-0.05, 0) is 12.1 Å². The number of aromatic amines is 1. The van der Waals surface area contributed by atoms with Gasteiger partial charge in [-0.25, -0.2) is 0 Å². The molecule has 1 aromatic carbocycles. The molecule has 18 heavy (non-hydrogen) atoms. The average molecular weight is 347 g/mol. The lowest BCUT2D eigenvalue weighted by Crippen LogP contribution is -1.80. The van der Waals surface area contributed by atoms with E-state index < -0.39 is 0 Å². The number of benzene rings is 1. The highest BCUT2D eigenvalue weighted by Crippen LogP contribution is 2.30. The van der Waals surface area contributed by atoms with Crippen molar-refractivity contribution < 1.29 is 0 Å². The molecular weight excluding hydrogens is 337 g/mol. The zero-order valence-corrected chi connectivity index (χ0v) is 12.3. The first-order valence-corrected chi connectivity index (χ1v) is 5.68. The van der Waals surface area contributed by atoms with Crippen LogP contribution in [-0.4, -0.2) is 15.2 Å². The molecule has 0 amide bonds. The van der Waals surface area contributed by atoms with Crippen molar-refractivity contribution in [2.75, 3.05) is 0 Å². The summed E-state index contributed by atoms with van der Waals surface area (Å²) < 4.78 is 1.03. The third-order valence-corrected chi connectivity index (χ3v) is 3.18. The van der Waals surface area contributed by atoms with Gasteiger partial charge in [-0.3, -0.25) is 10.1 Å². The molecule has 0 spiro atoms. The Hall–Kier alpha value is -1.10. The summed E-state index contributed by atoms with van der Waals surface area (Å²) in [5.41, 5.74) is 3.00. The smallest absolute Gasteiger partial charge is 0.103 e. The van der Waals surface area contributed by atoms with Gasteiger partial charge in [-0.1, -0.05) is 34.1 Å². The predicted molar refractivity (Wildman–Crippen MR) is 81.5 cm³/mol. The van der Waals surface area contributed by atoms with E-state index in [0.29, 0.717) is 0 Å². The van der Waals surface area contributed by atoms with E-state index in [1.807, 2.05) is 36.5 Å². The number of hydrogen-bond acceptors (Lipinski definition) is 2. The third-order valence-electron chi connectivity index (χ3n) is 2.49. The molecular formula is C12H10BrCl2N3. The quantitative estimate of drug-likeness (QED) is 0.716. The second-order valence-electron chi connectivity index (χ2n) is 3.47. The van der Waals surface area contributed by atoms with Crippen molar-refractivity contribution in [2.45, 2.75) is 0 Å². The van der Waals surface area contributed by atoms with Crippen molar-refractivity contribution in [1.29, 1.82) is 0 Å². The number of nitrogens with one attached hydrogen (secondary N) is 1. The van der Waals surface area contributed by atoms with Gasteiger partial charge in [0.05, 0.1) is 5.52 Å². The highest BCUT2D eigenvalue weighted by molar-refractivity contribution is 9.10. The second-order valence-corrected chi connectivity index (χ2v) is 4.33. The molecule has 0 aliphatic heterocycles. The zero-order valence-electron chi connectivity index (χ0n) is 9.13. The summed E-state index contributed by atoms with van der Waals surface area (Å²) in [4.78, 5) is 4.13. The molecule has 0 radical (unpaired) electrons. The Morgan fingerprint density at radius 1 is 1.06 bits per heavy atom. The Kier molecular flexibility index (Phi) is 5.14. The number of hydrogen-bond donors (Lipinski definition) is 1. The first kappa shape index (κ1) is 15.0. The molecule has 3 nitrogen and oxygen atoms in total. The van der Waals surface area contributed by atoms with Crippen LogP contribution in [0.1, 0.15) is 0 Å². The number of fused-ring (bicyclic) bond motifs is 1. The number of pyridine rings is 1. The maximum Gasteiger partial charge on any atom is 0.103 e. The zero-order chi connectivity index (χ0) is 11.0. The van der Waals surface area contributed by atoms with Crippen molar-refractivity contribution >= 4 is 51.6 Å². The molecule has 0 bridgehead atoms. The van der Waals surface area contributed by atoms with Crippen molar-refractivity contribution in [1.82, 2.24) is 15.2 Å². The lowest BCUT2D eigenvalue weighted by Gasteiger charge is -2.00. The molecule has 0 saturated carbocycles. The van der Waals surface area contributed by atoms with Crippen LogP contribution in [0.5, 0.6) is 0 Å². The van der Waals surface area contributed by atoms with Crippen molar-refractivity contribution in [3.8, 4) is 11.3 Å². The molecule has 94 valence electrons. The average Bonchev–Trinajstić information content (AvgIpc) is 2.74. The summed E-state index contributed by atoms with van der Waals surface area (Å²) in [6.45, 7) is 0. The minimum absolute atomic E-state index is 0. The van der Waals surface area contributed by atoms with Crippen LogP contribution in [0.25, 0.3) is 22.2 Å². The summed E-state index contributed by atoms with van der Waals surface area (Å²) >= 11 is 3.53. The Bertz CT molecular complexity index is 654. The van der Waals surface area contributed by atoms with Crippen LogP contribution in [0.2, 0.25) is 0 Å². The van der Waals surface area contributed by atoms with Gasteiger partial charge < -0.3 is 0 Å². The number of halogens is 3. The molecule has 0 atom stereocenters. The van der Waals surface area contributed by atoms with Crippen LogP contribution in [0.3, 0.4) is 0 Å². The predicted octanol–water partition coefficient (Wildman–Crippen LogP) is 4.23. The Morgan fingerprint density at radius 3 is 2.61 bits per heavy atom. The largest absolute Gasteiger partial charge is 0.277 e. The number of aromatic nitrogens is 3. The van der Waals surface area contributed by atoms with E-state index in [1.165, 1.54) is 0 Å². The third kappa shape index (κ3) is 2.51. The summed E-state index contributed by atoms with van der Waals surface area (Å²) in [6, 6.07) is 9.94. The molecule has 0 aliphatic rings. The number of nitrogens with zero attached hydrogens (tertiary/aromatic N) is 2. The molecule has 3 aromatic rings. The Morgan fingerprint density at radius 2 is 1.83 bits per heavy atom. The van der Waals surface area contributed by atoms with Crippen LogP contribution in [0.4, 0.5) is 0 Å². The minimum Gasteiger partial charge on any atom is -0.277 e. The minimum atomic E-state index is 0. The van der Waals surface area contributed by atoms with Gasteiger partial charge in [0.25, 0.3) is 0 Å². The normalized spacial score (nSPS) is 9.61. The molecule has 0 aliphatic carbocycles. The maximum absolute atomic E-state index is 4.33. The highest BCUT2D eigenvalue weighted by atomic mass is 79.9. The second kappa shape index (κ2) is 6.18. The van der Waals surface area contributed by atoms with Crippen molar-refractivity contribution in [2.24, 2.45) is 0 Å². The monoisotopic (exact) mass is 345 g/mol. The van der Waals surface area contributed by atoms with Crippen LogP contribution in [-0.2, 0) is 0 Å². The van der Waals surface area contributed by atoms with E-state index in [-0.39, 0.29) is 24.8 Å². The van der Waals surface area contributed by atoms with Gasteiger partial charge in [0, 0.05) is 27.8 Å². The lowest BCUT2D eigenvalue weighted by molar-refractivity contribution is 1.12. The van der Waals surface area contributed by atoms with Crippen LogP contribution >= 0.6 is 40.7 Å². The van der Waals surface area contributed by atoms with Gasteiger partial charge in [0.15, 0.2) is 0 Å². The molecule has 0 unspecified atom stereocenters. The summed E-state index contributed by atoms with van der Waals surface area (Å²) in [7, 11) is 0. The highest BCUT2D eigenvalue weighted by Gasteiger charge is 2.09. The van der Waals surface area contributed by atoms with E-state index in [1.54, 1.807) is 6.20 Å². The van der Waals surface area contributed by atoms with E-state index in [0.717, 1.165) is 26.6 Å². The molecule has 3 rings (SSSR count). The molecule has 0 fully saturated rings. The topological polar surface area (TPSA) is 41.6 Å². The van der Waals surface area contributed by atoms with E-state index in [9.17, 15) is 0 Å². The van der Waals surface area contributed by atoms with E-state index >= 15 is 0 Å². The fourth-order valence-corrected chi connectivity index (χ4v) is 2.19. The van der Waals surface area contributed by atoms with E-state index in [4.69, 9.17) is 0 Å². The van der Waals surface area contributed by atoms with Gasteiger partial charge in [-0.15, -0.1) is 24.8 Å². The first-order valence-electron chi connectivity index (χ1n) is 4.89. The maximum atomic E-state index is 4.33.